The minimum absolute atomic E-state index is 0.286. The fourth-order valence-corrected chi connectivity index (χ4v) is 2.01. The van der Waals surface area contributed by atoms with E-state index in [0.29, 0.717) is 11.5 Å². The van der Waals surface area contributed by atoms with Crippen molar-refractivity contribution in [2.75, 3.05) is 5.32 Å². The Balaban J connectivity index is 1.76. The van der Waals surface area contributed by atoms with Gasteiger partial charge in [0.1, 0.15) is 11.5 Å². The number of carbonyl (C=O) groups is 1. The van der Waals surface area contributed by atoms with Gasteiger partial charge in [-0.2, -0.15) is 0 Å². The maximum atomic E-state index is 12.1. The summed E-state index contributed by atoms with van der Waals surface area (Å²) in [6.07, 6.45) is 3.36. The molecule has 0 spiro atoms. The van der Waals surface area contributed by atoms with Crippen LogP contribution in [0.1, 0.15) is 16.2 Å². The summed E-state index contributed by atoms with van der Waals surface area (Å²) in [7, 11) is 0. The van der Waals surface area contributed by atoms with Gasteiger partial charge in [0.15, 0.2) is 0 Å². The van der Waals surface area contributed by atoms with Crippen molar-refractivity contribution in [1.82, 2.24) is 15.0 Å². The smallest absolute Gasteiger partial charge is 0.275 e. The SMILES string of the molecule is Cc1cccc(NC(=O)c2ccc(-c3ccccn3)cn2)n1. The number of hydrogen-bond donors (Lipinski definition) is 1. The quantitative estimate of drug-likeness (QED) is 0.804. The molecule has 0 saturated carbocycles. The minimum Gasteiger partial charge on any atom is -0.305 e. The zero-order chi connectivity index (χ0) is 15.4. The van der Waals surface area contributed by atoms with Crippen molar-refractivity contribution in [3.63, 3.8) is 0 Å². The molecule has 0 aliphatic heterocycles. The number of amides is 1. The Bertz CT molecular complexity index is 785. The van der Waals surface area contributed by atoms with E-state index in [0.717, 1.165) is 17.0 Å². The Kier molecular flexibility index (Phi) is 3.87. The number of carbonyl (C=O) groups excluding carboxylic acids is 1. The molecule has 0 unspecified atom stereocenters. The third-order valence-electron chi connectivity index (χ3n) is 3.09. The highest BCUT2D eigenvalue weighted by molar-refractivity contribution is 6.02. The summed E-state index contributed by atoms with van der Waals surface area (Å²) in [4.78, 5) is 24.8. The molecule has 108 valence electrons. The Hall–Kier alpha value is -3.08. The van der Waals surface area contributed by atoms with Crippen molar-refractivity contribution in [3.05, 3.63) is 72.3 Å². The van der Waals surface area contributed by atoms with Gasteiger partial charge >= 0.3 is 0 Å². The molecule has 0 aliphatic rings. The van der Waals surface area contributed by atoms with E-state index in [4.69, 9.17) is 0 Å². The van der Waals surface area contributed by atoms with Gasteiger partial charge in [-0.15, -0.1) is 0 Å². The van der Waals surface area contributed by atoms with Gasteiger partial charge in [0.05, 0.1) is 5.69 Å². The van der Waals surface area contributed by atoms with E-state index in [-0.39, 0.29) is 5.91 Å². The second-order valence-electron chi connectivity index (χ2n) is 4.77. The standard InChI is InChI=1S/C17H14N4O/c1-12-5-4-7-16(20-12)21-17(22)15-9-8-13(11-19-15)14-6-2-3-10-18-14/h2-11H,1H3,(H,20,21,22). The predicted octanol–water partition coefficient (Wildman–Crippen LogP) is 3.10. The van der Waals surface area contributed by atoms with Gasteiger partial charge < -0.3 is 5.32 Å². The summed E-state index contributed by atoms with van der Waals surface area (Å²) < 4.78 is 0. The first kappa shape index (κ1) is 13.9. The van der Waals surface area contributed by atoms with Crippen LogP contribution in [0.4, 0.5) is 5.82 Å². The molecule has 22 heavy (non-hydrogen) atoms. The number of aromatic nitrogens is 3. The van der Waals surface area contributed by atoms with Crippen LogP contribution in [0.15, 0.2) is 60.9 Å². The maximum absolute atomic E-state index is 12.1. The summed E-state index contributed by atoms with van der Waals surface area (Å²) in [5.41, 5.74) is 2.87. The van der Waals surface area contributed by atoms with Crippen LogP contribution in [0.5, 0.6) is 0 Å². The molecule has 3 aromatic heterocycles. The van der Waals surface area contributed by atoms with Gasteiger partial charge in [0, 0.05) is 23.7 Å². The Morgan fingerprint density at radius 3 is 2.59 bits per heavy atom. The normalized spacial score (nSPS) is 10.2. The van der Waals surface area contributed by atoms with Crippen LogP contribution in [0.25, 0.3) is 11.3 Å². The molecule has 3 rings (SSSR count). The lowest BCUT2D eigenvalue weighted by Gasteiger charge is -2.05. The molecule has 0 atom stereocenters. The summed E-state index contributed by atoms with van der Waals surface area (Å²) in [6, 6.07) is 14.6. The molecule has 3 heterocycles. The lowest BCUT2D eigenvalue weighted by Crippen LogP contribution is -2.14. The first-order valence-corrected chi connectivity index (χ1v) is 6.85. The zero-order valence-electron chi connectivity index (χ0n) is 12.0. The maximum Gasteiger partial charge on any atom is 0.275 e. The topological polar surface area (TPSA) is 67.8 Å². The highest BCUT2D eigenvalue weighted by Crippen LogP contribution is 2.15. The molecule has 0 aliphatic carbocycles. The lowest BCUT2D eigenvalue weighted by atomic mass is 10.2. The van der Waals surface area contributed by atoms with Gasteiger partial charge in [-0.25, -0.2) is 4.98 Å². The molecule has 1 amide bonds. The number of anilines is 1. The van der Waals surface area contributed by atoms with Crippen molar-refractivity contribution in [2.45, 2.75) is 6.92 Å². The molecule has 1 N–H and O–H groups in total. The van der Waals surface area contributed by atoms with Gasteiger partial charge in [0.25, 0.3) is 5.91 Å². The van der Waals surface area contributed by atoms with Crippen molar-refractivity contribution in [1.29, 1.82) is 0 Å². The molecule has 0 saturated heterocycles. The van der Waals surface area contributed by atoms with Crippen LogP contribution in [-0.2, 0) is 0 Å². The van der Waals surface area contributed by atoms with Gasteiger partial charge in [-0.3, -0.25) is 14.8 Å². The highest BCUT2D eigenvalue weighted by Gasteiger charge is 2.09. The highest BCUT2D eigenvalue weighted by atomic mass is 16.1. The minimum atomic E-state index is -0.286. The summed E-state index contributed by atoms with van der Waals surface area (Å²) >= 11 is 0. The monoisotopic (exact) mass is 290 g/mol. The molecular weight excluding hydrogens is 276 g/mol. The van der Waals surface area contributed by atoms with Crippen LogP contribution in [0.2, 0.25) is 0 Å². The van der Waals surface area contributed by atoms with Crippen molar-refractivity contribution >= 4 is 11.7 Å². The summed E-state index contributed by atoms with van der Waals surface area (Å²) in [5.74, 6) is 0.228. The van der Waals surface area contributed by atoms with Crippen LogP contribution >= 0.6 is 0 Å². The molecule has 0 radical (unpaired) electrons. The molecule has 5 nitrogen and oxygen atoms in total. The molecule has 5 heteroatoms. The van der Waals surface area contributed by atoms with E-state index >= 15 is 0 Å². The van der Waals surface area contributed by atoms with Crippen LogP contribution in [0, 0.1) is 6.92 Å². The average Bonchev–Trinajstić information content (AvgIpc) is 2.56. The molecule has 0 aromatic carbocycles. The number of nitrogens with one attached hydrogen (secondary N) is 1. The molecular formula is C17H14N4O. The number of nitrogens with zero attached hydrogens (tertiary/aromatic N) is 3. The number of pyridine rings is 3. The fourth-order valence-electron chi connectivity index (χ4n) is 2.01. The van der Waals surface area contributed by atoms with E-state index in [1.54, 1.807) is 24.5 Å². The number of aryl methyl sites for hydroxylation is 1. The van der Waals surface area contributed by atoms with Crippen molar-refractivity contribution in [2.24, 2.45) is 0 Å². The average molecular weight is 290 g/mol. The second-order valence-corrected chi connectivity index (χ2v) is 4.77. The van der Waals surface area contributed by atoms with E-state index in [1.807, 2.05) is 43.3 Å². The second kappa shape index (κ2) is 6.13. The Labute approximate surface area is 128 Å². The van der Waals surface area contributed by atoms with E-state index in [1.165, 1.54) is 0 Å². The molecule has 0 bridgehead atoms. The van der Waals surface area contributed by atoms with E-state index in [2.05, 4.69) is 20.3 Å². The summed E-state index contributed by atoms with van der Waals surface area (Å²) in [6.45, 7) is 1.87. The predicted molar refractivity (Wildman–Crippen MR) is 84.4 cm³/mol. The third-order valence-corrected chi connectivity index (χ3v) is 3.09. The van der Waals surface area contributed by atoms with Crippen molar-refractivity contribution < 1.29 is 4.79 Å². The zero-order valence-corrected chi connectivity index (χ0v) is 12.0. The third kappa shape index (κ3) is 3.15. The van der Waals surface area contributed by atoms with Crippen LogP contribution < -0.4 is 5.32 Å². The first-order chi connectivity index (χ1) is 10.7. The Morgan fingerprint density at radius 1 is 1.00 bits per heavy atom. The Morgan fingerprint density at radius 2 is 1.91 bits per heavy atom. The number of hydrogen-bond acceptors (Lipinski definition) is 4. The van der Waals surface area contributed by atoms with Gasteiger partial charge in [-0.05, 0) is 43.3 Å². The van der Waals surface area contributed by atoms with Gasteiger partial charge in [0.2, 0.25) is 0 Å². The largest absolute Gasteiger partial charge is 0.305 e. The van der Waals surface area contributed by atoms with Gasteiger partial charge in [-0.1, -0.05) is 12.1 Å². The first-order valence-electron chi connectivity index (χ1n) is 6.85. The fraction of sp³-hybridized carbons (Fsp3) is 0.0588. The van der Waals surface area contributed by atoms with Crippen LogP contribution in [0.3, 0.4) is 0 Å². The molecule has 0 fully saturated rings. The van der Waals surface area contributed by atoms with Crippen molar-refractivity contribution in [3.8, 4) is 11.3 Å². The molecule has 3 aromatic rings. The number of rotatable bonds is 3. The lowest BCUT2D eigenvalue weighted by molar-refractivity contribution is 0.102. The van der Waals surface area contributed by atoms with E-state index < -0.39 is 0 Å². The van der Waals surface area contributed by atoms with E-state index in [9.17, 15) is 4.79 Å². The van der Waals surface area contributed by atoms with Crippen LogP contribution in [-0.4, -0.2) is 20.9 Å². The summed E-state index contributed by atoms with van der Waals surface area (Å²) in [5, 5.41) is 2.73.